The Kier molecular flexibility index (Phi) is 4.96. The Balaban J connectivity index is 1.34. The van der Waals surface area contributed by atoms with Gasteiger partial charge in [0.05, 0.1) is 25.8 Å². The molecule has 0 fully saturated rings. The van der Waals surface area contributed by atoms with Crippen LogP contribution < -0.4 is 9.47 Å². The van der Waals surface area contributed by atoms with Gasteiger partial charge < -0.3 is 14.3 Å². The van der Waals surface area contributed by atoms with E-state index < -0.39 is 0 Å². The number of nitrogens with zero attached hydrogens (tertiary/aromatic N) is 5. The van der Waals surface area contributed by atoms with Crippen molar-refractivity contribution in [3.05, 3.63) is 46.4 Å². The van der Waals surface area contributed by atoms with E-state index in [4.69, 9.17) is 19.3 Å². The molecule has 3 aromatic heterocycles. The molecule has 154 valence electrons. The fourth-order valence-corrected chi connectivity index (χ4v) is 5.01. The monoisotopic (exact) mass is 423 g/mol. The van der Waals surface area contributed by atoms with E-state index in [0.717, 1.165) is 34.3 Å². The van der Waals surface area contributed by atoms with Crippen molar-refractivity contribution in [3.8, 4) is 11.5 Å². The van der Waals surface area contributed by atoms with E-state index in [1.807, 2.05) is 18.2 Å². The summed E-state index contributed by atoms with van der Waals surface area (Å²) in [6.45, 7) is 0.180. The van der Waals surface area contributed by atoms with Crippen molar-refractivity contribution >= 4 is 33.4 Å². The van der Waals surface area contributed by atoms with E-state index in [9.17, 15) is 0 Å². The number of hydrogen-bond donors (Lipinski definition) is 0. The maximum Gasteiger partial charge on any atom is 0.192 e. The Morgan fingerprint density at radius 3 is 2.90 bits per heavy atom. The number of rotatable bonds is 6. The highest BCUT2D eigenvalue weighted by atomic mass is 32.1. The molecule has 0 unspecified atom stereocenters. The van der Waals surface area contributed by atoms with Crippen LogP contribution in [0.5, 0.6) is 11.5 Å². The highest BCUT2D eigenvalue weighted by Gasteiger charge is 2.20. The summed E-state index contributed by atoms with van der Waals surface area (Å²) >= 11 is 1.78. The standard InChI is InChI=1S/C21H21N5O3S/c1-27-15-8-7-13(9-16(15)28-2)10-23-29-11-18-24-20-19-14-5-3-4-6-17(14)30-21(19)22-12-26(20)25-18/h7-10,12H,3-6,11H2,1-2H3/b23-10+. The maximum atomic E-state index is 5.43. The fraction of sp³-hybridized carbons (Fsp3) is 0.333. The van der Waals surface area contributed by atoms with Crippen LogP contribution in [0.1, 0.15) is 34.7 Å². The molecule has 1 aromatic carbocycles. The van der Waals surface area contributed by atoms with Crippen molar-refractivity contribution in [3.63, 3.8) is 0 Å². The van der Waals surface area contributed by atoms with Crippen molar-refractivity contribution in [2.24, 2.45) is 5.16 Å². The third-order valence-corrected chi connectivity index (χ3v) is 6.41. The average molecular weight is 423 g/mol. The predicted molar refractivity (Wildman–Crippen MR) is 115 cm³/mol. The lowest BCUT2D eigenvalue weighted by molar-refractivity contribution is 0.126. The zero-order valence-electron chi connectivity index (χ0n) is 16.8. The molecule has 0 radical (unpaired) electrons. The number of hydrogen-bond acceptors (Lipinski definition) is 8. The van der Waals surface area contributed by atoms with Gasteiger partial charge in [0.25, 0.3) is 0 Å². The Morgan fingerprint density at radius 2 is 2.03 bits per heavy atom. The summed E-state index contributed by atoms with van der Waals surface area (Å²) in [7, 11) is 3.20. The zero-order valence-corrected chi connectivity index (χ0v) is 17.6. The molecule has 1 aliphatic rings. The maximum absolute atomic E-state index is 5.43. The quantitative estimate of drug-likeness (QED) is 0.347. The molecule has 5 rings (SSSR count). The minimum Gasteiger partial charge on any atom is -0.493 e. The first kappa shape index (κ1) is 18.8. The molecule has 0 bridgehead atoms. The van der Waals surface area contributed by atoms with Crippen LogP contribution in [0.15, 0.2) is 29.7 Å². The average Bonchev–Trinajstić information content (AvgIpc) is 3.37. The lowest BCUT2D eigenvalue weighted by Gasteiger charge is -2.09. The molecule has 0 spiro atoms. The lowest BCUT2D eigenvalue weighted by Crippen LogP contribution is -1.99. The number of ether oxygens (including phenoxy) is 2. The summed E-state index contributed by atoms with van der Waals surface area (Å²) in [4.78, 5) is 17.2. The molecular weight excluding hydrogens is 402 g/mol. The van der Waals surface area contributed by atoms with Gasteiger partial charge in [0, 0.05) is 10.4 Å². The summed E-state index contributed by atoms with van der Waals surface area (Å²) < 4.78 is 12.3. The normalized spacial score (nSPS) is 13.8. The summed E-state index contributed by atoms with van der Waals surface area (Å²) in [5, 5.41) is 9.68. The van der Waals surface area contributed by atoms with Crippen LogP contribution in [-0.2, 0) is 24.3 Å². The Labute approximate surface area is 177 Å². The molecule has 0 amide bonds. The number of aromatic nitrogens is 4. The first-order valence-electron chi connectivity index (χ1n) is 9.78. The van der Waals surface area contributed by atoms with Gasteiger partial charge >= 0.3 is 0 Å². The van der Waals surface area contributed by atoms with E-state index in [0.29, 0.717) is 17.3 Å². The number of thiophene rings is 1. The van der Waals surface area contributed by atoms with Crippen LogP contribution >= 0.6 is 11.3 Å². The van der Waals surface area contributed by atoms with Gasteiger partial charge in [-0.25, -0.2) is 14.5 Å². The zero-order chi connectivity index (χ0) is 20.5. The van der Waals surface area contributed by atoms with Crippen LogP contribution in [0, 0.1) is 0 Å². The second-order valence-electron chi connectivity index (χ2n) is 7.05. The van der Waals surface area contributed by atoms with Crippen LogP contribution in [0.25, 0.3) is 15.9 Å². The van der Waals surface area contributed by atoms with Crippen LogP contribution in [0.4, 0.5) is 0 Å². The molecular formula is C21H21N5O3S. The van der Waals surface area contributed by atoms with E-state index in [2.05, 4.69) is 15.2 Å². The van der Waals surface area contributed by atoms with E-state index in [1.165, 1.54) is 23.3 Å². The largest absolute Gasteiger partial charge is 0.493 e. The number of oxime groups is 1. The smallest absolute Gasteiger partial charge is 0.192 e. The van der Waals surface area contributed by atoms with Crippen molar-refractivity contribution < 1.29 is 14.3 Å². The molecule has 0 saturated carbocycles. The highest BCUT2D eigenvalue weighted by Crippen LogP contribution is 2.36. The van der Waals surface area contributed by atoms with Gasteiger partial charge in [-0.2, -0.15) is 0 Å². The summed E-state index contributed by atoms with van der Waals surface area (Å²) in [5.74, 6) is 1.88. The lowest BCUT2D eigenvalue weighted by atomic mass is 9.97. The Bertz CT molecular complexity index is 1250. The van der Waals surface area contributed by atoms with E-state index in [1.54, 1.807) is 42.6 Å². The fourth-order valence-electron chi connectivity index (χ4n) is 3.79. The number of fused-ring (bicyclic) bond motifs is 5. The molecule has 4 aromatic rings. The molecule has 8 nitrogen and oxygen atoms in total. The Morgan fingerprint density at radius 1 is 1.17 bits per heavy atom. The topological polar surface area (TPSA) is 83.1 Å². The van der Waals surface area contributed by atoms with Crippen molar-refractivity contribution in [2.75, 3.05) is 14.2 Å². The van der Waals surface area contributed by atoms with Gasteiger partial charge in [-0.3, -0.25) is 0 Å². The first-order chi connectivity index (χ1) is 14.8. The Hall–Kier alpha value is -3.20. The number of aryl methyl sites for hydroxylation is 2. The van der Waals surface area contributed by atoms with Crippen molar-refractivity contribution in [1.29, 1.82) is 0 Å². The third-order valence-electron chi connectivity index (χ3n) is 5.21. The minimum absolute atomic E-state index is 0.180. The van der Waals surface area contributed by atoms with Crippen molar-refractivity contribution in [1.82, 2.24) is 19.6 Å². The van der Waals surface area contributed by atoms with E-state index in [-0.39, 0.29) is 6.61 Å². The molecule has 0 saturated heterocycles. The highest BCUT2D eigenvalue weighted by molar-refractivity contribution is 7.19. The van der Waals surface area contributed by atoms with Gasteiger partial charge in [0.2, 0.25) is 0 Å². The number of benzene rings is 1. The molecule has 30 heavy (non-hydrogen) atoms. The summed E-state index contributed by atoms with van der Waals surface area (Å²) in [5.41, 5.74) is 3.08. The van der Waals surface area contributed by atoms with Gasteiger partial charge in [0.1, 0.15) is 11.2 Å². The molecule has 3 heterocycles. The van der Waals surface area contributed by atoms with E-state index >= 15 is 0 Å². The predicted octanol–water partition coefficient (Wildman–Crippen LogP) is 3.79. The van der Waals surface area contributed by atoms with Gasteiger partial charge in [-0.05, 0) is 49.4 Å². The third kappa shape index (κ3) is 3.35. The summed E-state index contributed by atoms with van der Waals surface area (Å²) in [6, 6.07) is 5.53. The van der Waals surface area contributed by atoms with Gasteiger partial charge in [-0.1, -0.05) is 5.16 Å². The molecule has 9 heteroatoms. The SMILES string of the molecule is COc1ccc(/C=N/OCc2nc3c4c5c(sc4ncn3n2)CCCC5)cc1OC. The second-order valence-corrected chi connectivity index (χ2v) is 8.14. The molecule has 0 atom stereocenters. The number of methoxy groups -OCH3 is 2. The second kappa shape index (κ2) is 7.91. The van der Waals surface area contributed by atoms with Gasteiger partial charge in [-0.15, -0.1) is 16.4 Å². The van der Waals surface area contributed by atoms with Crippen LogP contribution in [0.3, 0.4) is 0 Å². The first-order valence-corrected chi connectivity index (χ1v) is 10.6. The van der Waals surface area contributed by atoms with Crippen molar-refractivity contribution in [2.45, 2.75) is 32.3 Å². The van der Waals surface area contributed by atoms with Crippen LogP contribution in [-0.4, -0.2) is 40.0 Å². The molecule has 0 aliphatic heterocycles. The molecule has 0 N–H and O–H groups in total. The summed E-state index contributed by atoms with van der Waals surface area (Å²) in [6.07, 6.45) is 8.03. The molecule has 1 aliphatic carbocycles. The van der Waals surface area contributed by atoms with Gasteiger partial charge in [0.15, 0.2) is 29.6 Å². The minimum atomic E-state index is 0.180. The van der Waals surface area contributed by atoms with Crippen LogP contribution in [0.2, 0.25) is 0 Å².